The van der Waals surface area contributed by atoms with Crippen molar-refractivity contribution in [2.24, 2.45) is 0 Å². The molecule has 0 bridgehead atoms. The highest BCUT2D eigenvalue weighted by Gasteiger charge is 2.14. The van der Waals surface area contributed by atoms with Crippen molar-refractivity contribution in [1.82, 2.24) is 0 Å². The normalized spacial score (nSPS) is 10.1. The second-order valence-electron chi connectivity index (χ2n) is 4.80. The van der Waals surface area contributed by atoms with E-state index in [4.69, 9.17) is 4.74 Å². The lowest BCUT2D eigenvalue weighted by Gasteiger charge is -2.10. The minimum Gasteiger partial charge on any atom is -0.456 e. The molecule has 2 rings (SSSR count). The first kappa shape index (κ1) is 23.6. The van der Waals surface area contributed by atoms with Crippen LogP contribution in [0.15, 0.2) is 45.3 Å². The van der Waals surface area contributed by atoms with Crippen LogP contribution in [0.4, 0.5) is 11.4 Å². The number of hydrogen-bond donors (Lipinski definition) is 1. The van der Waals surface area contributed by atoms with Crippen molar-refractivity contribution < 1.29 is 23.3 Å². The largest absolute Gasteiger partial charge is 0.456 e. The van der Waals surface area contributed by atoms with Crippen molar-refractivity contribution in [3.8, 4) is 11.5 Å². The molecule has 0 heterocycles. The van der Waals surface area contributed by atoms with Crippen LogP contribution in [-0.4, -0.2) is 25.7 Å². The van der Waals surface area contributed by atoms with Crippen LogP contribution in [0.25, 0.3) is 0 Å². The zero-order valence-electron chi connectivity index (χ0n) is 14.8. The molecule has 0 radical (unpaired) electrons. The third-order valence-electron chi connectivity index (χ3n) is 2.99. The maximum Gasteiger partial charge on any atom is 0.318 e. The minimum atomic E-state index is -2.12. The fraction of sp³-hybridized carbons (Fsp3) is 0.250. The van der Waals surface area contributed by atoms with E-state index < -0.39 is 13.2 Å². The monoisotopic (exact) mass is 524 g/mol. The van der Waals surface area contributed by atoms with Gasteiger partial charge in [0.25, 0.3) is 5.69 Å². The van der Waals surface area contributed by atoms with Gasteiger partial charge in [-0.25, -0.2) is 0 Å². The summed E-state index contributed by atoms with van der Waals surface area (Å²) in [6, 6.07) is 10.2. The SMILES string of the molecule is CCNc1cc(Oc2ccc(Br)cc2Br)ccc1[N+](=O)[O-].CO[PH](=O)OC. The summed E-state index contributed by atoms with van der Waals surface area (Å²) in [6.45, 7) is 2.47. The van der Waals surface area contributed by atoms with E-state index in [1.807, 2.05) is 25.1 Å². The van der Waals surface area contributed by atoms with Gasteiger partial charge in [0.2, 0.25) is 0 Å². The van der Waals surface area contributed by atoms with Crippen LogP contribution >= 0.6 is 40.1 Å². The molecule has 0 saturated carbocycles. The smallest absolute Gasteiger partial charge is 0.318 e. The Hall–Kier alpha value is -1.45. The van der Waals surface area contributed by atoms with Gasteiger partial charge in [0.05, 0.1) is 9.40 Å². The van der Waals surface area contributed by atoms with E-state index in [0.29, 0.717) is 23.7 Å². The van der Waals surface area contributed by atoms with Crippen LogP contribution in [0, 0.1) is 10.1 Å². The first-order valence-corrected chi connectivity index (χ1v) is 10.4. The second-order valence-corrected chi connectivity index (χ2v) is 7.89. The standard InChI is InChI=1S/C14H12Br2N2O3.C2H7O3P/c1-2-17-12-8-10(4-5-13(12)18(19)20)21-14-6-3-9(15)7-11(14)16;1-4-6(3)5-2/h3-8,17H,2H2,1H3;6H,1-2H3. The summed E-state index contributed by atoms with van der Waals surface area (Å²) in [5, 5.41) is 13.9. The number of anilines is 1. The summed E-state index contributed by atoms with van der Waals surface area (Å²) < 4.78 is 25.8. The average Bonchev–Trinajstić information content (AvgIpc) is 2.64. The highest BCUT2D eigenvalue weighted by molar-refractivity contribution is 9.11. The van der Waals surface area contributed by atoms with E-state index in [0.717, 1.165) is 8.95 Å². The average molecular weight is 526 g/mol. The maximum atomic E-state index is 11.0. The minimum absolute atomic E-state index is 0.0269. The Morgan fingerprint density at radius 3 is 2.30 bits per heavy atom. The van der Waals surface area contributed by atoms with E-state index in [-0.39, 0.29) is 5.69 Å². The fourth-order valence-electron chi connectivity index (χ4n) is 1.84. The summed E-state index contributed by atoms with van der Waals surface area (Å²) in [4.78, 5) is 10.6. The predicted molar refractivity (Wildman–Crippen MR) is 112 cm³/mol. The summed E-state index contributed by atoms with van der Waals surface area (Å²) in [7, 11) is 0.558. The molecule has 0 aliphatic carbocycles. The third-order valence-corrected chi connectivity index (χ3v) is 4.77. The predicted octanol–water partition coefficient (Wildman–Crippen LogP) is 6.01. The van der Waals surface area contributed by atoms with Gasteiger partial charge in [0.15, 0.2) is 0 Å². The number of nitro groups is 1. The van der Waals surface area contributed by atoms with E-state index in [1.54, 1.807) is 12.1 Å². The molecule has 0 atom stereocenters. The Morgan fingerprint density at radius 2 is 1.81 bits per heavy atom. The van der Waals surface area contributed by atoms with Crippen LogP contribution in [0.1, 0.15) is 6.92 Å². The number of nitrogens with one attached hydrogen (secondary N) is 1. The van der Waals surface area contributed by atoms with Gasteiger partial charge in [-0.3, -0.25) is 14.7 Å². The Morgan fingerprint density at radius 1 is 1.15 bits per heavy atom. The molecule has 0 aliphatic heterocycles. The lowest BCUT2D eigenvalue weighted by Crippen LogP contribution is -2.01. The highest BCUT2D eigenvalue weighted by Crippen LogP contribution is 2.35. The topological polar surface area (TPSA) is 99.9 Å². The Balaban J connectivity index is 0.000000527. The van der Waals surface area contributed by atoms with Crippen molar-refractivity contribution >= 4 is 51.5 Å². The van der Waals surface area contributed by atoms with Gasteiger partial charge in [-0.15, -0.1) is 0 Å². The summed E-state index contributed by atoms with van der Waals surface area (Å²) in [5.74, 6) is 1.16. The number of benzene rings is 2. The van der Waals surface area contributed by atoms with Crippen molar-refractivity contribution in [3.63, 3.8) is 0 Å². The van der Waals surface area contributed by atoms with Gasteiger partial charge >= 0.3 is 8.25 Å². The molecule has 0 aromatic heterocycles. The summed E-state index contributed by atoms with van der Waals surface area (Å²) in [6.07, 6.45) is 0. The number of ether oxygens (including phenoxy) is 1. The lowest BCUT2D eigenvalue weighted by atomic mass is 10.2. The number of nitrogens with zero attached hydrogens (tertiary/aromatic N) is 1. The quantitative estimate of drug-likeness (QED) is 0.268. The molecule has 148 valence electrons. The summed E-state index contributed by atoms with van der Waals surface area (Å²) in [5.41, 5.74) is 0.465. The van der Waals surface area contributed by atoms with Gasteiger partial charge in [-0.2, -0.15) is 0 Å². The summed E-state index contributed by atoms with van der Waals surface area (Å²) >= 11 is 6.78. The molecule has 0 saturated heterocycles. The molecule has 27 heavy (non-hydrogen) atoms. The molecule has 8 nitrogen and oxygen atoms in total. The van der Waals surface area contributed by atoms with Crippen molar-refractivity contribution in [2.75, 3.05) is 26.1 Å². The number of hydrogen-bond acceptors (Lipinski definition) is 7. The Kier molecular flexibility index (Phi) is 10.6. The Bertz CT molecular complexity index is 800. The van der Waals surface area contributed by atoms with Gasteiger partial charge < -0.3 is 19.1 Å². The number of halogens is 2. The molecule has 0 amide bonds. The molecule has 1 N–H and O–H groups in total. The van der Waals surface area contributed by atoms with Gasteiger partial charge in [-0.05, 0) is 47.1 Å². The second kappa shape index (κ2) is 12.1. The lowest BCUT2D eigenvalue weighted by molar-refractivity contribution is -0.384. The van der Waals surface area contributed by atoms with Crippen LogP contribution in [0.5, 0.6) is 11.5 Å². The van der Waals surface area contributed by atoms with Gasteiger partial charge in [-0.1, -0.05) is 15.9 Å². The van der Waals surface area contributed by atoms with Gasteiger partial charge in [0.1, 0.15) is 17.2 Å². The highest BCUT2D eigenvalue weighted by atomic mass is 79.9. The van der Waals surface area contributed by atoms with E-state index in [2.05, 4.69) is 46.2 Å². The zero-order chi connectivity index (χ0) is 20.4. The molecule has 2 aromatic rings. The fourth-order valence-corrected chi connectivity index (χ4v) is 3.13. The van der Waals surface area contributed by atoms with Crippen LogP contribution < -0.4 is 10.1 Å². The molecule has 0 spiro atoms. The molecule has 0 fully saturated rings. The first-order chi connectivity index (χ1) is 12.8. The first-order valence-electron chi connectivity index (χ1n) is 7.59. The maximum absolute atomic E-state index is 11.0. The third kappa shape index (κ3) is 7.98. The van der Waals surface area contributed by atoms with E-state index in [1.165, 1.54) is 20.3 Å². The van der Waals surface area contributed by atoms with Crippen LogP contribution in [0.3, 0.4) is 0 Å². The van der Waals surface area contributed by atoms with Crippen LogP contribution in [-0.2, 0) is 13.6 Å². The molecular formula is C16H19Br2N2O6P. The molecule has 2 aromatic carbocycles. The van der Waals surface area contributed by atoms with Crippen LogP contribution in [0.2, 0.25) is 0 Å². The molecule has 0 aliphatic rings. The van der Waals surface area contributed by atoms with E-state index >= 15 is 0 Å². The number of rotatable bonds is 7. The Labute approximate surface area is 174 Å². The van der Waals surface area contributed by atoms with Crippen molar-refractivity contribution in [1.29, 1.82) is 0 Å². The van der Waals surface area contributed by atoms with E-state index in [9.17, 15) is 14.7 Å². The molecule has 11 heteroatoms. The zero-order valence-corrected chi connectivity index (χ0v) is 19.0. The van der Waals surface area contributed by atoms with Gasteiger partial charge in [0, 0.05) is 37.4 Å². The van der Waals surface area contributed by atoms with Crippen molar-refractivity contribution in [2.45, 2.75) is 6.92 Å². The molecule has 0 unspecified atom stereocenters. The number of nitro benzene ring substituents is 1. The molecular weight excluding hydrogens is 507 g/mol. The van der Waals surface area contributed by atoms with Crippen molar-refractivity contribution in [3.05, 3.63) is 55.5 Å².